The highest BCUT2D eigenvalue weighted by atomic mass is 32.2. The van der Waals surface area contributed by atoms with Crippen molar-refractivity contribution in [2.24, 2.45) is 0 Å². The second-order valence-corrected chi connectivity index (χ2v) is 6.64. The molecule has 6 nitrogen and oxygen atoms in total. The number of benzene rings is 1. The fourth-order valence-corrected chi connectivity index (χ4v) is 3.83. The number of anilines is 1. The molecule has 0 unspecified atom stereocenters. The van der Waals surface area contributed by atoms with Crippen molar-refractivity contribution in [3.63, 3.8) is 0 Å². The van der Waals surface area contributed by atoms with E-state index >= 15 is 0 Å². The molecular formula is C17H20N4O2S. The molecule has 0 spiro atoms. The summed E-state index contributed by atoms with van der Waals surface area (Å²) >= 11 is 1.62. The molecule has 0 aliphatic carbocycles. The van der Waals surface area contributed by atoms with Crippen LogP contribution in [0.3, 0.4) is 0 Å². The van der Waals surface area contributed by atoms with Gasteiger partial charge >= 0.3 is 0 Å². The number of nitrogens with one attached hydrogen (secondary N) is 1. The summed E-state index contributed by atoms with van der Waals surface area (Å²) in [6.07, 6.45) is 6.54. The number of aromatic nitrogens is 2. The summed E-state index contributed by atoms with van der Waals surface area (Å²) in [7, 11) is 0. The highest BCUT2D eigenvalue weighted by Gasteiger charge is 2.34. The van der Waals surface area contributed by atoms with Crippen molar-refractivity contribution in [2.75, 3.05) is 16.9 Å². The molecule has 2 aromatic rings. The lowest BCUT2D eigenvalue weighted by molar-refractivity contribution is -0.136. The van der Waals surface area contributed by atoms with Crippen molar-refractivity contribution in [3.05, 3.63) is 43.0 Å². The van der Waals surface area contributed by atoms with Crippen LogP contribution in [0.25, 0.3) is 5.69 Å². The molecule has 3 rings (SSSR count). The Morgan fingerprint density at radius 2 is 2.29 bits per heavy atom. The van der Waals surface area contributed by atoms with Crippen LogP contribution >= 0.6 is 11.8 Å². The second-order valence-electron chi connectivity index (χ2n) is 5.64. The Bertz CT molecular complexity index is 717. The zero-order chi connectivity index (χ0) is 16.9. The number of carbonyl (C=O) groups excluding carboxylic acids is 2. The van der Waals surface area contributed by atoms with Gasteiger partial charge in [-0.2, -0.15) is 0 Å². The lowest BCUT2D eigenvalue weighted by Crippen LogP contribution is -2.44. The van der Waals surface area contributed by atoms with E-state index in [9.17, 15) is 9.59 Å². The van der Waals surface area contributed by atoms with Crippen LogP contribution in [0, 0.1) is 0 Å². The number of imidazole rings is 1. The fourth-order valence-electron chi connectivity index (χ4n) is 2.64. The third kappa shape index (κ3) is 3.62. The maximum Gasteiger partial charge on any atom is 0.248 e. The molecule has 2 heterocycles. The SMILES string of the molecule is CCCC(=O)N1CSC[C@@H]1C(=O)Nc1cccc(-n2ccnc2)c1. The van der Waals surface area contributed by atoms with Crippen LogP contribution in [-0.2, 0) is 9.59 Å². The third-order valence-corrected chi connectivity index (χ3v) is 4.90. The van der Waals surface area contributed by atoms with Gasteiger partial charge in [-0.25, -0.2) is 4.98 Å². The largest absolute Gasteiger partial charge is 0.324 e. The minimum absolute atomic E-state index is 0.0508. The summed E-state index contributed by atoms with van der Waals surface area (Å²) in [6, 6.07) is 7.16. The highest BCUT2D eigenvalue weighted by molar-refractivity contribution is 7.99. The predicted molar refractivity (Wildman–Crippen MR) is 95.1 cm³/mol. The van der Waals surface area contributed by atoms with Crippen LogP contribution < -0.4 is 5.32 Å². The van der Waals surface area contributed by atoms with Gasteiger partial charge in [-0.3, -0.25) is 9.59 Å². The molecule has 1 aromatic carbocycles. The molecule has 1 aliphatic heterocycles. The molecule has 0 saturated carbocycles. The lowest BCUT2D eigenvalue weighted by Gasteiger charge is -2.23. The Morgan fingerprint density at radius 1 is 1.42 bits per heavy atom. The van der Waals surface area contributed by atoms with Gasteiger partial charge in [-0.1, -0.05) is 13.0 Å². The molecule has 1 aromatic heterocycles. The number of thioether (sulfide) groups is 1. The Hall–Kier alpha value is -2.28. The van der Waals surface area contributed by atoms with Crippen LogP contribution in [0.5, 0.6) is 0 Å². The van der Waals surface area contributed by atoms with Crippen molar-refractivity contribution in [2.45, 2.75) is 25.8 Å². The Labute approximate surface area is 145 Å². The summed E-state index contributed by atoms with van der Waals surface area (Å²) in [6.45, 7) is 1.97. The Morgan fingerprint density at radius 3 is 3.04 bits per heavy atom. The van der Waals surface area contributed by atoms with E-state index in [1.165, 1.54) is 0 Å². The first-order valence-electron chi connectivity index (χ1n) is 7.95. The predicted octanol–water partition coefficient (Wildman–Crippen LogP) is 2.51. The number of hydrogen-bond acceptors (Lipinski definition) is 4. The van der Waals surface area contributed by atoms with E-state index in [0.717, 1.165) is 12.1 Å². The molecule has 0 bridgehead atoms. The Kier molecular flexibility index (Phi) is 5.20. The topological polar surface area (TPSA) is 67.2 Å². The van der Waals surface area contributed by atoms with E-state index < -0.39 is 6.04 Å². The van der Waals surface area contributed by atoms with Crippen LogP contribution in [0.15, 0.2) is 43.0 Å². The van der Waals surface area contributed by atoms with E-state index in [2.05, 4.69) is 10.3 Å². The monoisotopic (exact) mass is 344 g/mol. The Balaban J connectivity index is 1.70. The van der Waals surface area contributed by atoms with Crippen LogP contribution in [-0.4, -0.2) is 43.9 Å². The van der Waals surface area contributed by atoms with Crippen molar-refractivity contribution < 1.29 is 9.59 Å². The smallest absolute Gasteiger partial charge is 0.248 e. The zero-order valence-electron chi connectivity index (χ0n) is 13.5. The van der Waals surface area contributed by atoms with Gasteiger partial charge in [0.2, 0.25) is 11.8 Å². The van der Waals surface area contributed by atoms with Gasteiger partial charge < -0.3 is 14.8 Å². The van der Waals surface area contributed by atoms with Gasteiger partial charge in [0.05, 0.1) is 12.2 Å². The standard InChI is InChI=1S/C17H20N4O2S/c1-2-4-16(22)21-12-24-10-15(21)17(23)19-13-5-3-6-14(9-13)20-8-7-18-11-20/h3,5-9,11,15H,2,4,10,12H2,1H3,(H,19,23)/t15-/m1/s1. The number of nitrogens with zero attached hydrogens (tertiary/aromatic N) is 3. The van der Waals surface area contributed by atoms with Gasteiger partial charge in [0, 0.05) is 35.9 Å². The number of rotatable bonds is 5. The third-order valence-electron chi connectivity index (χ3n) is 3.89. The second kappa shape index (κ2) is 7.53. The maximum absolute atomic E-state index is 12.6. The van der Waals surface area contributed by atoms with Crippen molar-refractivity contribution in [1.82, 2.24) is 14.5 Å². The molecule has 1 fully saturated rings. The van der Waals surface area contributed by atoms with Crippen LogP contribution in [0.1, 0.15) is 19.8 Å². The highest BCUT2D eigenvalue weighted by Crippen LogP contribution is 2.24. The minimum atomic E-state index is -0.397. The first-order valence-corrected chi connectivity index (χ1v) is 9.11. The molecule has 1 saturated heterocycles. The molecular weight excluding hydrogens is 324 g/mol. The first kappa shape index (κ1) is 16.6. The first-order chi connectivity index (χ1) is 11.7. The fraction of sp³-hybridized carbons (Fsp3) is 0.353. The molecule has 7 heteroatoms. The zero-order valence-corrected chi connectivity index (χ0v) is 14.3. The summed E-state index contributed by atoms with van der Waals surface area (Å²) in [5.74, 6) is 1.15. The number of amides is 2. The molecule has 1 aliphatic rings. The average molecular weight is 344 g/mol. The van der Waals surface area contributed by atoms with E-state index in [1.54, 1.807) is 29.2 Å². The van der Waals surface area contributed by atoms with Gasteiger partial charge in [-0.05, 0) is 24.6 Å². The average Bonchev–Trinajstić information content (AvgIpc) is 3.27. The normalized spacial score (nSPS) is 17.0. The van der Waals surface area contributed by atoms with E-state index in [1.807, 2.05) is 42.0 Å². The van der Waals surface area contributed by atoms with Crippen LogP contribution in [0.2, 0.25) is 0 Å². The maximum atomic E-state index is 12.6. The summed E-state index contributed by atoms with van der Waals surface area (Å²) in [5.41, 5.74) is 1.64. The van der Waals surface area contributed by atoms with E-state index in [4.69, 9.17) is 0 Å². The summed E-state index contributed by atoms with van der Waals surface area (Å²) in [5, 5.41) is 2.93. The number of carbonyl (C=O) groups is 2. The lowest BCUT2D eigenvalue weighted by atomic mass is 10.2. The quantitative estimate of drug-likeness (QED) is 0.905. The van der Waals surface area contributed by atoms with E-state index in [0.29, 0.717) is 23.7 Å². The molecule has 0 radical (unpaired) electrons. The molecule has 24 heavy (non-hydrogen) atoms. The van der Waals surface area contributed by atoms with Crippen molar-refractivity contribution in [3.8, 4) is 5.69 Å². The van der Waals surface area contributed by atoms with Gasteiger partial charge in [0.15, 0.2) is 0 Å². The van der Waals surface area contributed by atoms with Crippen molar-refractivity contribution >= 4 is 29.3 Å². The van der Waals surface area contributed by atoms with Crippen molar-refractivity contribution in [1.29, 1.82) is 0 Å². The minimum Gasteiger partial charge on any atom is -0.324 e. The van der Waals surface area contributed by atoms with Crippen LogP contribution in [0.4, 0.5) is 5.69 Å². The van der Waals surface area contributed by atoms with Gasteiger partial charge in [0.1, 0.15) is 6.04 Å². The molecule has 2 amide bonds. The summed E-state index contributed by atoms with van der Waals surface area (Å²) < 4.78 is 1.87. The number of hydrogen-bond donors (Lipinski definition) is 1. The molecule has 126 valence electrons. The molecule has 1 N–H and O–H groups in total. The van der Waals surface area contributed by atoms with Gasteiger partial charge in [0.25, 0.3) is 0 Å². The van der Waals surface area contributed by atoms with Gasteiger partial charge in [-0.15, -0.1) is 11.8 Å². The van der Waals surface area contributed by atoms with E-state index in [-0.39, 0.29) is 11.8 Å². The molecule has 1 atom stereocenters. The summed E-state index contributed by atoms with van der Waals surface area (Å²) in [4.78, 5) is 30.5.